The second kappa shape index (κ2) is 7.94. The van der Waals surface area contributed by atoms with E-state index in [1.54, 1.807) is 37.5 Å². The number of halogens is 1. The van der Waals surface area contributed by atoms with Gasteiger partial charge in [0, 0.05) is 10.0 Å². The van der Waals surface area contributed by atoms with Crippen molar-refractivity contribution in [1.82, 2.24) is 5.06 Å². The first-order chi connectivity index (χ1) is 11.1. The summed E-state index contributed by atoms with van der Waals surface area (Å²) in [6.45, 7) is 3.71. The zero-order chi connectivity index (χ0) is 16.8. The van der Waals surface area contributed by atoms with Gasteiger partial charge in [-0.3, -0.25) is 10.0 Å². The summed E-state index contributed by atoms with van der Waals surface area (Å²) in [6.07, 6.45) is 2.12. The van der Waals surface area contributed by atoms with E-state index in [-0.39, 0.29) is 0 Å². The van der Waals surface area contributed by atoms with Crippen LogP contribution in [0, 0.1) is 0 Å². The molecular weight excluding hydrogens is 358 g/mol. The Morgan fingerprint density at radius 2 is 1.87 bits per heavy atom. The largest absolute Gasteiger partial charge is 0.497 e. The Kier molecular flexibility index (Phi) is 5.96. The van der Waals surface area contributed by atoms with Crippen molar-refractivity contribution in [2.45, 2.75) is 12.5 Å². The van der Waals surface area contributed by atoms with Gasteiger partial charge >= 0.3 is 0 Å². The maximum absolute atomic E-state index is 12.5. The normalized spacial score (nSPS) is 11.6. The van der Waals surface area contributed by atoms with E-state index < -0.39 is 11.9 Å². The van der Waals surface area contributed by atoms with Gasteiger partial charge in [0.05, 0.1) is 13.2 Å². The Hall–Kier alpha value is -2.11. The highest BCUT2D eigenvalue weighted by atomic mass is 79.9. The summed E-state index contributed by atoms with van der Waals surface area (Å²) >= 11 is 3.37. The number of nitrogens with zero attached hydrogens (tertiary/aromatic N) is 1. The average Bonchev–Trinajstić information content (AvgIpc) is 2.59. The van der Waals surface area contributed by atoms with Gasteiger partial charge in [0.15, 0.2) is 0 Å². The molecule has 23 heavy (non-hydrogen) atoms. The summed E-state index contributed by atoms with van der Waals surface area (Å²) in [5.74, 6) is 0.184. The third-order valence-corrected chi connectivity index (χ3v) is 4.01. The minimum atomic E-state index is -0.491. The summed E-state index contributed by atoms with van der Waals surface area (Å²) in [5, 5.41) is 11.2. The number of rotatable bonds is 6. The Balaban J connectivity index is 2.25. The van der Waals surface area contributed by atoms with Crippen molar-refractivity contribution in [2.75, 3.05) is 7.11 Å². The van der Waals surface area contributed by atoms with Crippen molar-refractivity contribution in [3.05, 3.63) is 76.8 Å². The van der Waals surface area contributed by atoms with Crippen LogP contribution in [0.4, 0.5) is 0 Å². The van der Waals surface area contributed by atoms with Gasteiger partial charge in [-0.2, -0.15) is 0 Å². The molecule has 5 heteroatoms. The van der Waals surface area contributed by atoms with E-state index in [2.05, 4.69) is 22.5 Å². The number of carbonyl (C=O) groups is 1. The van der Waals surface area contributed by atoms with E-state index >= 15 is 0 Å². The van der Waals surface area contributed by atoms with Crippen LogP contribution in [0.5, 0.6) is 5.75 Å². The van der Waals surface area contributed by atoms with Crippen LogP contribution in [0.25, 0.3) is 0 Å². The topological polar surface area (TPSA) is 49.8 Å². The lowest BCUT2D eigenvalue weighted by Crippen LogP contribution is -2.31. The minimum absolute atomic E-state index is 0.388. The van der Waals surface area contributed by atoms with Crippen LogP contribution in [0.3, 0.4) is 0 Å². The number of ether oxygens (including phenoxy) is 1. The van der Waals surface area contributed by atoms with E-state index in [9.17, 15) is 10.0 Å². The van der Waals surface area contributed by atoms with Crippen molar-refractivity contribution < 1.29 is 14.7 Å². The zero-order valence-corrected chi connectivity index (χ0v) is 14.4. The van der Waals surface area contributed by atoms with Crippen LogP contribution in [0.1, 0.15) is 28.4 Å². The van der Waals surface area contributed by atoms with Crippen molar-refractivity contribution in [3.8, 4) is 5.75 Å². The summed E-state index contributed by atoms with van der Waals surface area (Å²) in [6, 6.07) is 13.6. The second-order valence-electron chi connectivity index (χ2n) is 4.97. The third kappa shape index (κ3) is 4.21. The lowest BCUT2D eigenvalue weighted by molar-refractivity contribution is -0.0894. The first-order valence-corrected chi connectivity index (χ1v) is 7.89. The van der Waals surface area contributed by atoms with E-state index in [1.807, 2.05) is 24.3 Å². The number of amides is 1. The molecule has 0 spiro atoms. The van der Waals surface area contributed by atoms with Crippen LogP contribution >= 0.6 is 15.9 Å². The molecule has 0 aliphatic heterocycles. The molecule has 0 fully saturated rings. The molecule has 0 saturated carbocycles. The number of hydrogen-bond acceptors (Lipinski definition) is 3. The molecule has 2 rings (SSSR count). The molecule has 120 valence electrons. The summed E-state index contributed by atoms with van der Waals surface area (Å²) in [5.41, 5.74) is 1.22. The van der Waals surface area contributed by atoms with Crippen LogP contribution in [-0.2, 0) is 0 Å². The van der Waals surface area contributed by atoms with Gasteiger partial charge in [-0.25, -0.2) is 5.06 Å². The fourth-order valence-corrected chi connectivity index (χ4v) is 2.49. The summed E-state index contributed by atoms with van der Waals surface area (Å²) in [4.78, 5) is 12.5. The van der Waals surface area contributed by atoms with Gasteiger partial charge in [0.2, 0.25) is 0 Å². The highest BCUT2D eigenvalue weighted by molar-refractivity contribution is 9.10. The van der Waals surface area contributed by atoms with E-state index in [4.69, 9.17) is 4.74 Å². The SMILES string of the molecule is C=CCC(c1ccc(Br)cc1)N(O)C(=O)c1ccc(OC)cc1. The van der Waals surface area contributed by atoms with Gasteiger partial charge in [-0.05, 0) is 48.4 Å². The molecule has 0 bridgehead atoms. The Bertz CT molecular complexity index is 668. The van der Waals surface area contributed by atoms with Gasteiger partial charge < -0.3 is 4.74 Å². The molecule has 2 aromatic carbocycles. The smallest absolute Gasteiger partial charge is 0.277 e. The molecule has 0 saturated heterocycles. The van der Waals surface area contributed by atoms with E-state index in [0.717, 1.165) is 15.1 Å². The van der Waals surface area contributed by atoms with Crippen molar-refractivity contribution >= 4 is 21.8 Å². The van der Waals surface area contributed by atoms with Gasteiger partial charge in [0.1, 0.15) is 5.75 Å². The second-order valence-corrected chi connectivity index (χ2v) is 5.89. The molecule has 1 N–H and O–H groups in total. The fourth-order valence-electron chi connectivity index (χ4n) is 2.23. The number of hydroxylamine groups is 2. The molecule has 0 heterocycles. The molecule has 0 aliphatic rings. The fraction of sp³-hybridized carbons (Fsp3) is 0.167. The van der Waals surface area contributed by atoms with Gasteiger partial charge in [0.25, 0.3) is 5.91 Å². The number of methoxy groups -OCH3 is 1. The maximum atomic E-state index is 12.5. The maximum Gasteiger partial charge on any atom is 0.277 e. The molecule has 4 nitrogen and oxygen atoms in total. The highest BCUT2D eigenvalue weighted by Crippen LogP contribution is 2.26. The van der Waals surface area contributed by atoms with Crippen molar-refractivity contribution in [1.29, 1.82) is 0 Å². The molecule has 1 unspecified atom stereocenters. The monoisotopic (exact) mass is 375 g/mol. The lowest BCUT2D eigenvalue weighted by Gasteiger charge is -2.25. The third-order valence-electron chi connectivity index (χ3n) is 3.48. The number of hydrogen-bond donors (Lipinski definition) is 1. The predicted molar refractivity (Wildman–Crippen MR) is 92.6 cm³/mol. The first-order valence-electron chi connectivity index (χ1n) is 7.09. The minimum Gasteiger partial charge on any atom is -0.497 e. The van der Waals surface area contributed by atoms with Crippen LogP contribution < -0.4 is 4.74 Å². The molecule has 2 aromatic rings. The summed E-state index contributed by atoms with van der Waals surface area (Å²) in [7, 11) is 1.56. The molecule has 0 radical (unpaired) electrons. The van der Waals surface area contributed by atoms with Crippen molar-refractivity contribution in [3.63, 3.8) is 0 Å². The quantitative estimate of drug-likeness (QED) is 0.455. The van der Waals surface area contributed by atoms with Gasteiger partial charge in [-0.1, -0.05) is 34.1 Å². The lowest BCUT2D eigenvalue weighted by atomic mass is 10.0. The standard InChI is InChI=1S/C18H18BrNO3/c1-3-4-17(13-5-9-15(19)10-6-13)20(22)18(21)14-7-11-16(23-2)12-8-14/h3,5-12,17,22H,1,4H2,2H3. The molecule has 1 amide bonds. The first kappa shape index (κ1) is 17.2. The predicted octanol–water partition coefficient (Wildman–Crippen LogP) is 4.61. The molecule has 0 aliphatic carbocycles. The Morgan fingerprint density at radius 1 is 1.26 bits per heavy atom. The highest BCUT2D eigenvalue weighted by Gasteiger charge is 2.24. The molecular formula is C18H18BrNO3. The number of benzene rings is 2. The van der Waals surface area contributed by atoms with Crippen LogP contribution in [0.2, 0.25) is 0 Å². The summed E-state index contributed by atoms with van der Waals surface area (Å²) < 4.78 is 6.01. The van der Waals surface area contributed by atoms with Crippen LogP contribution in [0.15, 0.2) is 65.7 Å². The molecule has 0 aromatic heterocycles. The van der Waals surface area contributed by atoms with Crippen LogP contribution in [-0.4, -0.2) is 23.3 Å². The number of carbonyl (C=O) groups excluding carboxylic acids is 1. The zero-order valence-electron chi connectivity index (χ0n) is 12.8. The van der Waals surface area contributed by atoms with Crippen molar-refractivity contribution in [2.24, 2.45) is 0 Å². The Labute approximate surface area is 144 Å². The van der Waals surface area contributed by atoms with Gasteiger partial charge in [-0.15, -0.1) is 6.58 Å². The molecule has 1 atom stereocenters. The average molecular weight is 376 g/mol. The van der Waals surface area contributed by atoms with E-state index in [1.165, 1.54) is 0 Å². The Morgan fingerprint density at radius 3 is 2.39 bits per heavy atom. The van der Waals surface area contributed by atoms with E-state index in [0.29, 0.717) is 17.7 Å².